The summed E-state index contributed by atoms with van der Waals surface area (Å²) in [4.78, 5) is 9.40. The second-order valence-electron chi connectivity index (χ2n) is 4.24. The molecule has 9 heteroatoms. The van der Waals surface area contributed by atoms with Gasteiger partial charge in [-0.2, -0.15) is 15.8 Å². The Bertz CT molecular complexity index is 935. The van der Waals surface area contributed by atoms with Gasteiger partial charge in [0.1, 0.15) is 39.0 Å². The van der Waals surface area contributed by atoms with Crippen LogP contribution in [0.3, 0.4) is 0 Å². The van der Waals surface area contributed by atoms with E-state index in [-0.39, 0.29) is 17.2 Å². The van der Waals surface area contributed by atoms with Crippen molar-refractivity contribution in [1.82, 2.24) is 9.97 Å². The molecule has 0 atom stereocenters. The molecule has 0 aliphatic carbocycles. The molecule has 0 saturated carbocycles. The Morgan fingerprint density at radius 1 is 0.958 bits per heavy atom. The van der Waals surface area contributed by atoms with Gasteiger partial charge in [-0.3, -0.25) is 0 Å². The lowest BCUT2D eigenvalue weighted by Crippen LogP contribution is -1.96. The number of hydrogen-bond donors (Lipinski definition) is 0. The number of fused-ring (bicyclic) bond motifs is 1. The van der Waals surface area contributed by atoms with Gasteiger partial charge in [-0.15, -0.1) is 0 Å². The van der Waals surface area contributed by atoms with Gasteiger partial charge in [0.15, 0.2) is 11.4 Å². The maximum atomic E-state index is 13.0. The summed E-state index contributed by atoms with van der Waals surface area (Å²) >= 11 is 3.67. The van der Waals surface area contributed by atoms with Crippen LogP contribution in [0.4, 0.5) is 4.39 Å². The SMILES string of the molecule is N#CC(Sc1ccc(F)cc1)=C1Sc2nc(C#N)c(C#N)nc2S1. The molecule has 1 aromatic carbocycles. The largest absolute Gasteiger partial charge is 0.224 e. The van der Waals surface area contributed by atoms with Gasteiger partial charge in [-0.05, 0) is 24.3 Å². The molecule has 2 heterocycles. The van der Waals surface area contributed by atoms with E-state index < -0.39 is 0 Å². The number of halogens is 1. The lowest BCUT2D eigenvalue weighted by molar-refractivity contribution is 0.626. The summed E-state index contributed by atoms with van der Waals surface area (Å²) in [6.07, 6.45) is 0. The number of rotatable bonds is 2. The Morgan fingerprint density at radius 2 is 1.50 bits per heavy atom. The van der Waals surface area contributed by atoms with Gasteiger partial charge >= 0.3 is 0 Å². The van der Waals surface area contributed by atoms with Crippen molar-refractivity contribution in [2.24, 2.45) is 0 Å². The van der Waals surface area contributed by atoms with E-state index in [9.17, 15) is 9.65 Å². The second-order valence-corrected chi connectivity index (χ2v) is 7.58. The standard InChI is InChI=1S/C15H4FN5S3/c16-8-1-3-9(4-2-8)22-12(7-19)15-23-13-14(24-15)21-11(6-18)10(5-17)20-13/h1-4H. The molecule has 2 aromatic rings. The van der Waals surface area contributed by atoms with Crippen LogP contribution in [0.1, 0.15) is 11.4 Å². The molecule has 0 unspecified atom stereocenters. The van der Waals surface area contributed by atoms with Gasteiger partial charge in [-0.1, -0.05) is 35.3 Å². The first-order valence-corrected chi connectivity index (χ1v) is 8.75. The third-order valence-corrected chi connectivity index (χ3v) is 6.38. The summed E-state index contributed by atoms with van der Waals surface area (Å²) in [5.74, 6) is -0.344. The predicted molar refractivity (Wildman–Crippen MR) is 88.1 cm³/mol. The van der Waals surface area contributed by atoms with Gasteiger partial charge in [-0.25, -0.2) is 14.4 Å². The second kappa shape index (κ2) is 6.94. The normalized spacial score (nSPS) is 12.0. The number of hydrogen-bond acceptors (Lipinski definition) is 8. The smallest absolute Gasteiger partial charge is 0.178 e. The van der Waals surface area contributed by atoms with E-state index in [0.717, 1.165) is 4.90 Å². The van der Waals surface area contributed by atoms with Gasteiger partial charge in [0.2, 0.25) is 0 Å². The van der Waals surface area contributed by atoms with Gasteiger partial charge < -0.3 is 0 Å². The maximum absolute atomic E-state index is 13.0. The summed E-state index contributed by atoms with van der Waals surface area (Å²) in [6, 6.07) is 11.6. The van der Waals surface area contributed by atoms with E-state index >= 15 is 0 Å². The van der Waals surface area contributed by atoms with E-state index in [4.69, 9.17) is 10.5 Å². The van der Waals surface area contributed by atoms with E-state index in [1.165, 1.54) is 47.4 Å². The molecular formula is C15H4FN5S3. The highest BCUT2D eigenvalue weighted by molar-refractivity contribution is 8.25. The molecule has 0 radical (unpaired) electrons. The van der Waals surface area contributed by atoms with Crippen molar-refractivity contribution >= 4 is 35.3 Å². The van der Waals surface area contributed by atoms with Crippen LogP contribution in [0.15, 0.2) is 48.4 Å². The van der Waals surface area contributed by atoms with Crippen molar-refractivity contribution in [3.05, 3.63) is 50.6 Å². The van der Waals surface area contributed by atoms with Gasteiger partial charge in [0.05, 0.1) is 4.24 Å². The molecular weight excluding hydrogens is 365 g/mol. The first kappa shape index (κ1) is 16.4. The van der Waals surface area contributed by atoms with Crippen LogP contribution >= 0.6 is 35.3 Å². The van der Waals surface area contributed by atoms with Crippen LogP contribution < -0.4 is 0 Å². The summed E-state index contributed by atoms with van der Waals surface area (Å²) in [5, 5.41) is 28.4. The Labute approximate surface area is 149 Å². The van der Waals surface area contributed by atoms with Gasteiger partial charge in [0.25, 0.3) is 0 Å². The van der Waals surface area contributed by atoms with E-state index in [0.29, 0.717) is 19.2 Å². The highest BCUT2D eigenvalue weighted by Gasteiger charge is 2.26. The van der Waals surface area contributed by atoms with E-state index in [1.54, 1.807) is 12.1 Å². The van der Waals surface area contributed by atoms with Crippen molar-refractivity contribution in [3.63, 3.8) is 0 Å². The lowest BCUT2D eigenvalue weighted by Gasteiger charge is -2.01. The fourth-order valence-electron chi connectivity index (χ4n) is 1.71. The van der Waals surface area contributed by atoms with Crippen molar-refractivity contribution < 1.29 is 4.39 Å². The average Bonchev–Trinajstić information content (AvgIpc) is 3.02. The van der Waals surface area contributed by atoms with Crippen LogP contribution in [-0.4, -0.2) is 9.97 Å². The number of benzene rings is 1. The van der Waals surface area contributed by atoms with Crippen molar-refractivity contribution in [2.75, 3.05) is 0 Å². The van der Waals surface area contributed by atoms with Gasteiger partial charge in [0, 0.05) is 4.90 Å². The number of nitriles is 3. The number of thioether (sulfide) groups is 3. The molecule has 0 amide bonds. The summed E-state index contributed by atoms with van der Waals surface area (Å²) < 4.78 is 13.6. The Morgan fingerprint density at radius 3 is 1.96 bits per heavy atom. The summed E-state index contributed by atoms with van der Waals surface area (Å²) in [7, 11) is 0. The minimum atomic E-state index is -0.344. The van der Waals surface area contributed by atoms with Crippen LogP contribution in [0.5, 0.6) is 0 Å². The Balaban J connectivity index is 1.93. The molecule has 114 valence electrons. The molecule has 24 heavy (non-hydrogen) atoms. The lowest BCUT2D eigenvalue weighted by atomic mass is 10.3. The summed E-state index contributed by atoms with van der Waals surface area (Å²) in [6.45, 7) is 0. The Hall–Kier alpha value is -2.51. The molecule has 0 saturated heterocycles. The quantitative estimate of drug-likeness (QED) is 0.578. The zero-order valence-corrected chi connectivity index (χ0v) is 14.1. The van der Waals surface area contributed by atoms with Crippen LogP contribution in [0.2, 0.25) is 0 Å². The molecule has 0 fully saturated rings. The van der Waals surface area contributed by atoms with Crippen molar-refractivity contribution in [2.45, 2.75) is 14.9 Å². The third kappa shape index (κ3) is 3.22. The molecule has 1 aliphatic heterocycles. The van der Waals surface area contributed by atoms with E-state index in [2.05, 4.69) is 16.0 Å². The van der Waals surface area contributed by atoms with Crippen molar-refractivity contribution in [1.29, 1.82) is 15.8 Å². The maximum Gasteiger partial charge on any atom is 0.178 e. The highest BCUT2D eigenvalue weighted by Crippen LogP contribution is 2.52. The zero-order valence-electron chi connectivity index (χ0n) is 11.6. The number of allylic oxidation sites excluding steroid dienone is 1. The average molecular weight is 369 g/mol. The molecule has 5 nitrogen and oxygen atoms in total. The minimum absolute atomic E-state index is 0.0321. The first-order chi connectivity index (χ1) is 11.6. The Kier molecular flexibility index (Phi) is 4.73. The molecule has 0 bridgehead atoms. The van der Waals surface area contributed by atoms with Crippen LogP contribution in [0, 0.1) is 39.8 Å². The fraction of sp³-hybridized carbons (Fsp3) is 0. The molecule has 1 aromatic heterocycles. The third-order valence-electron chi connectivity index (χ3n) is 2.74. The predicted octanol–water partition coefficient (Wildman–Crippen LogP) is 4.04. The fourth-order valence-corrected chi connectivity index (χ4v) is 4.91. The topological polar surface area (TPSA) is 97.1 Å². The zero-order chi connectivity index (χ0) is 17.1. The van der Waals surface area contributed by atoms with Crippen molar-refractivity contribution in [3.8, 4) is 18.2 Å². The molecule has 3 rings (SSSR count). The molecule has 0 N–H and O–H groups in total. The van der Waals surface area contributed by atoms with Crippen LogP contribution in [0.25, 0.3) is 0 Å². The van der Waals surface area contributed by atoms with E-state index in [1.807, 2.05) is 12.1 Å². The first-order valence-electron chi connectivity index (χ1n) is 6.30. The number of aromatic nitrogens is 2. The molecule has 0 spiro atoms. The van der Waals surface area contributed by atoms with Crippen LogP contribution in [-0.2, 0) is 0 Å². The molecule has 1 aliphatic rings. The summed E-state index contributed by atoms with van der Waals surface area (Å²) in [5.41, 5.74) is -0.0643. The minimum Gasteiger partial charge on any atom is -0.224 e. The number of nitrogens with zero attached hydrogens (tertiary/aromatic N) is 5. The monoisotopic (exact) mass is 369 g/mol. The highest BCUT2D eigenvalue weighted by atomic mass is 32.2.